The Hall–Kier alpha value is -4.66. The van der Waals surface area contributed by atoms with E-state index in [1.54, 1.807) is 46.2 Å². The summed E-state index contributed by atoms with van der Waals surface area (Å²) in [6.07, 6.45) is -1.78. The van der Waals surface area contributed by atoms with Gasteiger partial charge in [-0.3, -0.25) is 0 Å². The molecule has 4 aromatic rings. The maximum atomic E-state index is 14.8. The molecule has 1 aliphatic carbocycles. The lowest BCUT2D eigenvalue weighted by Crippen LogP contribution is -2.52. The van der Waals surface area contributed by atoms with Crippen molar-refractivity contribution in [3.05, 3.63) is 137 Å². The molecule has 2 fully saturated rings. The molecule has 0 bridgehead atoms. The lowest BCUT2D eigenvalue weighted by molar-refractivity contribution is -0.0502. The van der Waals surface area contributed by atoms with Gasteiger partial charge >= 0.3 is 12.0 Å². The molecule has 1 aliphatic heterocycles. The van der Waals surface area contributed by atoms with E-state index in [1.807, 2.05) is 60.7 Å². The molecular weight excluding hydrogens is 544 g/mol. The lowest BCUT2D eigenvalue weighted by atomic mass is 9.90. The third kappa shape index (κ3) is 5.47. The minimum Gasteiger partial charge on any atom is -0.508 e. The van der Waals surface area contributed by atoms with Gasteiger partial charge < -0.3 is 30.2 Å². The van der Waals surface area contributed by atoms with Crippen LogP contribution in [0.1, 0.15) is 45.0 Å². The average molecular weight is 579 g/mol. The summed E-state index contributed by atoms with van der Waals surface area (Å²) in [6.45, 7) is 0.190. The predicted molar refractivity (Wildman–Crippen MR) is 160 cm³/mol. The second kappa shape index (κ2) is 11.6. The fourth-order valence-corrected chi connectivity index (χ4v) is 6.58. The topological polar surface area (TPSA) is 122 Å². The van der Waals surface area contributed by atoms with Crippen molar-refractivity contribution >= 4 is 12.0 Å². The zero-order valence-corrected chi connectivity index (χ0v) is 23.5. The number of nitrogens with zero attached hydrogens (tertiary/aromatic N) is 2. The Balaban J connectivity index is 1.46. The maximum Gasteiger partial charge on any atom is 0.335 e. The number of carbonyl (C=O) groups is 2. The Kier molecular flexibility index (Phi) is 7.64. The highest BCUT2D eigenvalue weighted by Crippen LogP contribution is 2.60. The third-order valence-electron chi connectivity index (χ3n) is 8.88. The molecule has 0 aromatic heterocycles. The van der Waals surface area contributed by atoms with E-state index in [4.69, 9.17) is 0 Å². The zero-order chi connectivity index (χ0) is 30.1. The van der Waals surface area contributed by atoms with Gasteiger partial charge in [0.15, 0.2) is 0 Å². The molecule has 8 heteroatoms. The third-order valence-corrected chi connectivity index (χ3v) is 8.88. The van der Waals surface area contributed by atoms with Crippen LogP contribution < -0.4 is 0 Å². The largest absolute Gasteiger partial charge is 0.508 e. The monoisotopic (exact) mass is 578 g/mol. The number of phenolic OH excluding ortho intramolecular Hbond substituents is 1. The number of aromatic carboxylic acids is 1. The molecule has 2 amide bonds. The quantitative estimate of drug-likeness (QED) is 0.239. The molecule has 1 saturated carbocycles. The van der Waals surface area contributed by atoms with Crippen molar-refractivity contribution in [3.63, 3.8) is 0 Å². The molecule has 1 saturated heterocycles. The van der Waals surface area contributed by atoms with Crippen LogP contribution in [0.15, 0.2) is 109 Å². The Morgan fingerprint density at radius 2 is 1.44 bits per heavy atom. The molecule has 2 unspecified atom stereocenters. The fraction of sp³-hybridized carbons (Fsp3) is 0.257. The van der Waals surface area contributed by atoms with Crippen LogP contribution in [0.3, 0.4) is 0 Å². The Morgan fingerprint density at radius 1 is 0.791 bits per heavy atom. The zero-order valence-electron chi connectivity index (χ0n) is 23.5. The van der Waals surface area contributed by atoms with Gasteiger partial charge in [-0.25, -0.2) is 9.59 Å². The SMILES string of the molecule is O=C(O)c1cccc(CN2C(=O)N(Cc3ccc(O)cc3)C3(CC3c3ccccc3)[C@H](O)[C@@H](O)[C@H]2Cc2ccccc2)c1. The van der Waals surface area contributed by atoms with Crippen molar-refractivity contribution in [1.82, 2.24) is 9.80 Å². The van der Waals surface area contributed by atoms with Crippen molar-refractivity contribution in [2.24, 2.45) is 0 Å². The number of aliphatic hydroxyl groups excluding tert-OH is 2. The second-order valence-electron chi connectivity index (χ2n) is 11.5. The van der Waals surface area contributed by atoms with E-state index in [0.717, 1.165) is 16.7 Å². The van der Waals surface area contributed by atoms with Crippen LogP contribution in [0.4, 0.5) is 4.79 Å². The van der Waals surface area contributed by atoms with Crippen LogP contribution >= 0.6 is 0 Å². The molecule has 2 aliphatic rings. The minimum atomic E-state index is -1.29. The summed E-state index contributed by atoms with van der Waals surface area (Å²) in [4.78, 5) is 29.8. The summed E-state index contributed by atoms with van der Waals surface area (Å²) < 4.78 is 0. The van der Waals surface area contributed by atoms with Gasteiger partial charge in [0.25, 0.3) is 0 Å². The van der Waals surface area contributed by atoms with Crippen LogP contribution in [0.5, 0.6) is 5.75 Å². The lowest BCUT2D eigenvalue weighted by Gasteiger charge is -2.36. The molecule has 220 valence electrons. The Morgan fingerprint density at radius 3 is 2.12 bits per heavy atom. The highest BCUT2D eigenvalue weighted by Gasteiger charge is 2.68. The number of rotatable bonds is 8. The van der Waals surface area contributed by atoms with Crippen LogP contribution in [-0.4, -0.2) is 66.0 Å². The summed E-state index contributed by atoms with van der Waals surface area (Å²) in [6, 6.07) is 31.1. The van der Waals surface area contributed by atoms with Crippen molar-refractivity contribution in [2.45, 2.75) is 55.6 Å². The van der Waals surface area contributed by atoms with Gasteiger partial charge in [0.1, 0.15) is 18.0 Å². The van der Waals surface area contributed by atoms with Crippen LogP contribution in [-0.2, 0) is 19.5 Å². The van der Waals surface area contributed by atoms with Gasteiger partial charge in [0.2, 0.25) is 0 Å². The summed E-state index contributed by atoms with van der Waals surface area (Å²) in [7, 11) is 0. The van der Waals surface area contributed by atoms with Gasteiger partial charge in [-0.1, -0.05) is 84.9 Å². The van der Waals surface area contributed by atoms with E-state index in [9.17, 15) is 30.0 Å². The van der Waals surface area contributed by atoms with Crippen molar-refractivity contribution in [2.75, 3.05) is 0 Å². The summed E-state index contributed by atoms with van der Waals surface area (Å²) in [5, 5.41) is 43.5. The number of benzene rings is 4. The van der Waals surface area contributed by atoms with E-state index in [1.165, 1.54) is 12.1 Å². The van der Waals surface area contributed by atoms with Crippen molar-refractivity contribution in [3.8, 4) is 5.75 Å². The highest BCUT2D eigenvalue weighted by molar-refractivity contribution is 5.87. The van der Waals surface area contributed by atoms with Crippen molar-refractivity contribution < 1.29 is 30.0 Å². The smallest absolute Gasteiger partial charge is 0.335 e. The number of hydrogen-bond donors (Lipinski definition) is 4. The summed E-state index contributed by atoms with van der Waals surface area (Å²) >= 11 is 0. The summed E-state index contributed by atoms with van der Waals surface area (Å²) in [5.41, 5.74) is 2.27. The number of carboxylic acid groups (broad SMARTS) is 1. The van der Waals surface area contributed by atoms with Crippen molar-refractivity contribution in [1.29, 1.82) is 0 Å². The highest BCUT2D eigenvalue weighted by atomic mass is 16.4. The van der Waals surface area contributed by atoms with Gasteiger partial charge in [-0.2, -0.15) is 0 Å². The molecule has 5 atom stereocenters. The molecule has 4 N–H and O–H groups in total. The fourth-order valence-electron chi connectivity index (χ4n) is 6.58. The molecular formula is C35H34N2O6. The normalized spacial score (nSPS) is 25.0. The van der Waals surface area contributed by atoms with E-state index >= 15 is 0 Å². The van der Waals surface area contributed by atoms with E-state index in [2.05, 4.69) is 0 Å². The van der Waals surface area contributed by atoms with Crippen LogP contribution in [0, 0.1) is 0 Å². The standard InChI is InChI=1S/C35H34N2O6/c38-28-16-14-24(15-17-28)22-37-34(43)36(21-25-10-7-13-27(18-25)33(41)42)30(19-23-8-3-1-4-9-23)31(39)32(40)35(37)20-29(35)26-11-5-2-6-12-26/h1-18,29-32,38-40H,19-22H2,(H,41,42)/t29?,30-,31+,32-,35?/m1/s1. The van der Waals surface area contributed by atoms with E-state index in [-0.39, 0.29) is 36.4 Å². The second-order valence-corrected chi connectivity index (χ2v) is 11.5. The molecule has 1 spiro atoms. The van der Waals surface area contributed by atoms with Gasteiger partial charge in [-0.15, -0.1) is 0 Å². The first-order chi connectivity index (χ1) is 20.8. The van der Waals surface area contributed by atoms with Crippen LogP contribution in [0.2, 0.25) is 0 Å². The number of urea groups is 1. The summed E-state index contributed by atoms with van der Waals surface area (Å²) in [5.74, 6) is -1.17. The van der Waals surface area contributed by atoms with Crippen LogP contribution in [0.25, 0.3) is 0 Å². The number of phenols is 1. The molecule has 4 aromatic carbocycles. The van der Waals surface area contributed by atoms with E-state index < -0.39 is 29.8 Å². The minimum absolute atomic E-state index is 0.0411. The number of aromatic hydroxyl groups is 1. The molecule has 8 nitrogen and oxygen atoms in total. The first-order valence-electron chi connectivity index (χ1n) is 14.4. The predicted octanol–water partition coefficient (Wildman–Crippen LogP) is 4.79. The molecule has 6 rings (SSSR count). The number of carboxylic acids is 1. The maximum absolute atomic E-state index is 14.8. The van der Waals surface area contributed by atoms with Gasteiger partial charge in [-0.05, 0) is 59.4 Å². The first kappa shape index (κ1) is 28.5. The van der Waals surface area contributed by atoms with Gasteiger partial charge in [0.05, 0.1) is 17.1 Å². The number of amides is 2. The Labute approximate surface area is 250 Å². The number of aliphatic hydroxyl groups is 2. The first-order valence-corrected chi connectivity index (χ1v) is 14.4. The Bertz CT molecular complexity index is 1600. The molecule has 0 radical (unpaired) electrons. The average Bonchev–Trinajstić information content (AvgIpc) is 3.79. The number of carbonyl (C=O) groups excluding carboxylic acids is 1. The number of hydrogen-bond acceptors (Lipinski definition) is 5. The molecule has 43 heavy (non-hydrogen) atoms. The van der Waals surface area contributed by atoms with Gasteiger partial charge in [0, 0.05) is 19.0 Å². The van der Waals surface area contributed by atoms with E-state index in [0.29, 0.717) is 18.4 Å². The molecule has 1 heterocycles.